The van der Waals surface area contributed by atoms with E-state index in [4.69, 9.17) is 10.5 Å². The van der Waals surface area contributed by atoms with Gasteiger partial charge in [0.1, 0.15) is 5.75 Å². The fourth-order valence-corrected chi connectivity index (χ4v) is 3.02. The third kappa shape index (κ3) is 3.17. The molecule has 3 N–H and O–H groups in total. The van der Waals surface area contributed by atoms with Crippen LogP contribution in [-0.2, 0) is 0 Å². The van der Waals surface area contributed by atoms with Gasteiger partial charge in [-0.1, -0.05) is 0 Å². The Morgan fingerprint density at radius 1 is 1.32 bits per heavy atom. The Hall–Kier alpha value is -1.75. The van der Waals surface area contributed by atoms with Gasteiger partial charge in [-0.3, -0.25) is 0 Å². The molecule has 0 aliphatic heterocycles. The number of ether oxygens (including phenoxy) is 1. The third-order valence-corrected chi connectivity index (χ3v) is 4.14. The van der Waals surface area contributed by atoms with Gasteiger partial charge < -0.3 is 15.8 Å². The molecule has 5 heteroatoms. The lowest BCUT2D eigenvalue weighted by Gasteiger charge is -2.15. The highest BCUT2D eigenvalue weighted by Gasteiger charge is 2.13. The monoisotopic (exact) mass is 277 g/mol. The van der Waals surface area contributed by atoms with Crippen LogP contribution in [-0.4, -0.2) is 12.1 Å². The number of benzene rings is 1. The molecule has 2 rings (SSSR count). The fraction of sp³-hybridized carbons (Fsp3) is 0.357. The average molecular weight is 277 g/mol. The van der Waals surface area contributed by atoms with Gasteiger partial charge in [0.15, 0.2) is 0 Å². The number of hydrogen-bond acceptors (Lipinski definition) is 5. The lowest BCUT2D eigenvalue weighted by atomic mass is 10.2. The highest BCUT2D eigenvalue weighted by molar-refractivity contribution is 7.11. The van der Waals surface area contributed by atoms with Gasteiger partial charge in [-0.25, -0.2) is 4.98 Å². The van der Waals surface area contributed by atoms with Crippen LogP contribution in [0.1, 0.15) is 28.5 Å². The van der Waals surface area contributed by atoms with E-state index in [0.717, 1.165) is 22.1 Å². The standard InChI is InChI=1S/C14H19N3OS/c1-8-14(19-10(3)16-8)9(2)17-12-5-11(15)6-13(7-12)18-4/h5-7,9,17H,15H2,1-4H3. The maximum absolute atomic E-state index is 5.85. The van der Waals surface area contributed by atoms with Crippen LogP contribution in [0, 0.1) is 13.8 Å². The van der Waals surface area contributed by atoms with Crippen LogP contribution in [0.2, 0.25) is 0 Å². The summed E-state index contributed by atoms with van der Waals surface area (Å²) in [4.78, 5) is 5.70. The van der Waals surface area contributed by atoms with Crippen LogP contribution in [0.4, 0.5) is 11.4 Å². The predicted octanol–water partition coefficient (Wildman–Crippen LogP) is 3.52. The molecular weight excluding hydrogens is 258 g/mol. The maximum atomic E-state index is 5.85. The van der Waals surface area contributed by atoms with Crippen LogP contribution in [0.3, 0.4) is 0 Å². The fourth-order valence-electron chi connectivity index (χ4n) is 2.09. The van der Waals surface area contributed by atoms with Crippen LogP contribution in [0.15, 0.2) is 18.2 Å². The van der Waals surface area contributed by atoms with E-state index in [9.17, 15) is 0 Å². The summed E-state index contributed by atoms with van der Waals surface area (Å²) in [6.45, 7) is 6.18. The van der Waals surface area contributed by atoms with Crippen LogP contribution in [0.5, 0.6) is 5.75 Å². The number of nitrogen functional groups attached to an aromatic ring is 1. The van der Waals surface area contributed by atoms with E-state index >= 15 is 0 Å². The molecule has 0 fully saturated rings. The Morgan fingerprint density at radius 2 is 2.05 bits per heavy atom. The first kappa shape index (κ1) is 13.7. The Labute approximate surface area is 117 Å². The molecule has 0 radical (unpaired) electrons. The average Bonchev–Trinajstić information content (AvgIpc) is 2.67. The van der Waals surface area contributed by atoms with Crippen molar-refractivity contribution in [2.24, 2.45) is 0 Å². The van der Waals surface area contributed by atoms with Gasteiger partial charge in [-0.2, -0.15) is 0 Å². The van der Waals surface area contributed by atoms with E-state index in [1.165, 1.54) is 4.88 Å². The molecule has 0 aliphatic carbocycles. The number of nitrogens with zero attached hydrogens (tertiary/aromatic N) is 1. The van der Waals surface area contributed by atoms with E-state index in [-0.39, 0.29) is 6.04 Å². The van der Waals surface area contributed by atoms with Crippen molar-refractivity contribution in [3.8, 4) is 5.75 Å². The highest BCUT2D eigenvalue weighted by atomic mass is 32.1. The van der Waals surface area contributed by atoms with Crippen molar-refractivity contribution in [3.05, 3.63) is 33.8 Å². The molecule has 2 aromatic rings. The van der Waals surface area contributed by atoms with Crippen molar-refractivity contribution in [1.82, 2.24) is 4.98 Å². The number of hydrogen-bond donors (Lipinski definition) is 2. The number of nitrogens with one attached hydrogen (secondary N) is 1. The van der Waals surface area contributed by atoms with Gasteiger partial charge in [0.2, 0.25) is 0 Å². The molecule has 0 amide bonds. The van der Waals surface area contributed by atoms with E-state index in [2.05, 4.69) is 17.2 Å². The Kier molecular flexibility index (Phi) is 3.95. The van der Waals surface area contributed by atoms with Gasteiger partial charge in [0.25, 0.3) is 0 Å². The van der Waals surface area contributed by atoms with E-state index in [1.54, 1.807) is 24.5 Å². The molecule has 102 valence electrons. The summed E-state index contributed by atoms with van der Waals surface area (Å²) in [7, 11) is 1.64. The van der Waals surface area contributed by atoms with Gasteiger partial charge in [-0.05, 0) is 26.8 Å². The van der Waals surface area contributed by atoms with Crippen molar-refractivity contribution >= 4 is 22.7 Å². The van der Waals surface area contributed by atoms with Gasteiger partial charge in [0.05, 0.1) is 23.9 Å². The van der Waals surface area contributed by atoms with Crippen molar-refractivity contribution in [1.29, 1.82) is 0 Å². The van der Waals surface area contributed by atoms with E-state index < -0.39 is 0 Å². The topological polar surface area (TPSA) is 60.2 Å². The highest BCUT2D eigenvalue weighted by Crippen LogP contribution is 2.29. The molecule has 0 bridgehead atoms. The Balaban J connectivity index is 2.21. The molecule has 0 saturated heterocycles. The maximum Gasteiger partial charge on any atom is 0.122 e. The van der Waals surface area contributed by atoms with Gasteiger partial charge >= 0.3 is 0 Å². The first-order chi connectivity index (χ1) is 8.99. The van der Waals surface area contributed by atoms with Crippen molar-refractivity contribution in [2.75, 3.05) is 18.2 Å². The van der Waals surface area contributed by atoms with Gasteiger partial charge in [0, 0.05) is 28.4 Å². The molecule has 1 atom stereocenters. The number of aromatic nitrogens is 1. The van der Waals surface area contributed by atoms with Crippen LogP contribution < -0.4 is 15.8 Å². The summed E-state index contributed by atoms with van der Waals surface area (Å²) in [5.74, 6) is 0.756. The molecule has 19 heavy (non-hydrogen) atoms. The molecule has 4 nitrogen and oxygen atoms in total. The number of methoxy groups -OCH3 is 1. The van der Waals surface area contributed by atoms with Gasteiger partial charge in [-0.15, -0.1) is 11.3 Å². The number of rotatable bonds is 4. The predicted molar refractivity (Wildman–Crippen MR) is 81.0 cm³/mol. The summed E-state index contributed by atoms with van der Waals surface area (Å²) < 4.78 is 5.22. The molecule has 0 aliphatic rings. The molecule has 1 aromatic heterocycles. The minimum absolute atomic E-state index is 0.192. The smallest absolute Gasteiger partial charge is 0.122 e. The Bertz CT molecular complexity index is 580. The number of thiazole rings is 1. The summed E-state index contributed by atoms with van der Waals surface area (Å²) in [5.41, 5.74) is 8.58. The minimum Gasteiger partial charge on any atom is -0.497 e. The summed E-state index contributed by atoms with van der Waals surface area (Å²) >= 11 is 1.72. The van der Waals surface area contributed by atoms with E-state index in [1.807, 2.05) is 26.0 Å². The second kappa shape index (κ2) is 5.48. The number of nitrogens with two attached hydrogens (primary N) is 1. The zero-order valence-electron chi connectivity index (χ0n) is 11.7. The lowest BCUT2D eigenvalue weighted by molar-refractivity contribution is 0.415. The van der Waals surface area contributed by atoms with Crippen molar-refractivity contribution in [3.63, 3.8) is 0 Å². The summed E-state index contributed by atoms with van der Waals surface area (Å²) in [6, 6.07) is 5.84. The van der Waals surface area contributed by atoms with Crippen molar-refractivity contribution in [2.45, 2.75) is 26.8 Å². The van der Waals surface area contributed by atoms with Crippen molar-refractivity contribution < 1.29 is 4.74 Å². The number of anilines is 2. The Morgan fingerprint density at radius 3 is 2.63 bits per heavy atom. The first-order valence-electron chi connectivity index (χ1n) is 6.14. The molecule has 1 heterocycles. The summed E-state index contributed by atoms with van der Waals surface area (Å²) in [5, 5.41) is 4.53. The molecule has 0 spiro atoms. The normalized spacial score (nSPS) is 12.2. The zero-order chi connectivity index (χ0) is 14.0. The third-order valence-electron chi connectivity index (χ3n) is 2.88. The second-order valence-electron chi connectivity index (χ2n) is 4.54. The largest absolute Gasteiger partial charge is 0.497 e. The molecule has 1 unspecified atom stereocenters. The first-order valence-corrected chi connectivity index (χ1v) is 6.96. The van der Waals surface area contributed by atoms with E-state index in [0.29, 0.717) is 5.69 Å². The van der Waals surface area contributed by atoms with Crippen LogP contribution >= 0.6 is 11.3 Å². The van der Waals surface area contributed by atoms with Crippen LogP contribution in [0.25, 0.3) is 0 Å². The lowest BCUT2D eigenvalue weighted by Crippen LogP contribution is -2.06. The molecule has 1 aromatic carbocycles. The number of aryl methyl sites for hydroxylation is 2. The second-order valence-corrected chi connectivity index (χ2v) is 5.78. The summed E-state index contributed by atoms with van der Waals surface area (Å²) in [6.07, 6.45) is 0. The quantitative estimate of drug-likeness (QED) is 0.839. The molecule has 0 saturated carbocycles. The zero-order valence-corrected chi connectivity index (χ0v) is 12.5. The SMILES string of the molecule is COc1cc(N)cc(NC(C)c2sc(C)nc2C)c1. The molecular formula is C14H19N3OS. The minimum atomic E-state index is 0.192.